The average molecular weight is 1250 g/mol. The van der Waals surface area contributed by atoms with Gasteiger partial charge < -0.3 is 66.5 Å². The fourth-order valence-electron chi connectivity index (χ4n) is 7.02. The third-order valence-electron chi connectivity index (χ3n) is 10.1. The number of para-hydroxylation sites is 1. The van der Waals surface area contributed by atoms with Gasteiger partial charge in [0.25, 0.3) is 0 Å². The van der Waals surface area contributed by atoms with Crippen LogP contribution in [0.15, 0.2) is 55.0 Å². The van der Waals surface area contributed by atoms with E-state index in [1.165, 1.54) is 10.8 Å². The molecule has 6 rings (SSSR count). The third kappa shape index (κ3) is 22.6. The van der Waals surface area contributed by atoms with E-state index in [1.807, 2.05) is 32.0 Å². The predicted molar refractivity (Wildman–Crippen MR) is 292 cm³/mol. The molecule has 0 radical (unpaired) electrons. The second-order valence-electron chi connectivity index (χ2n) is 17.4. The molecule has 0 amide bonds. The van der Waals surface area contributed by atoms with Crippen molar-refractivity contribution in [1.82, 2.24) is 30.2 Å². The van der Waals surface area contributed by atoms with Crippen LogP contribution in [-0.2, 0) is 50.2 Å². The summed E-state index contributed by atoms with van der Waals surface area (Å²) < 4.78 is 60.0. The fourth-order valence-corrected chi connectivity index (χ4v) is 9.42. The molecule has 2 aromatic heterocycles. The quantitative estimate of drug-likeness (QED) is 0.0189. The lowest BCUT2D eigenvalue weighted by molar-refractivity contribution is -0.0459. The number of ether oxygens (including phenoxy) is 2. The summed E-state index contributed by atoms with van der Waals surface area (Å²) >= 11 is 9.20. The number of phosphoric ester groups is 2. The molecule has 31 heteroatoms. The van der Waals surface area contributed by atoms with Gasteiger partial charge in [0.15, 0.2) is 5.82 Å². The topological polar surface area (TPSA) is 401 Å². The monoisotopic (exact) mass is 1250 g/mol. The summed E-state index contributed by atoms with van der Waals surface area (Å²) in [6.07, 6.45) is 5.89. The Hall–Kier alpha value is -3.79. The molecule has 7 atom stereocenters. The van der Waals surface area contributed by atoms with E-state index in [1.54, 1.807) is 18.6 Å². The molecule has 2 saturated heterocycles. The second-order valence-corrected chi connectivity index (χ2v) is 22.0. The van der Waals surface area contributed by atoms with Crippen molar-refractivity contribution in [2.45, 2.75) is 110 Å². The Morgan fingerprint density at radius 1 is 1.01 bits per heavy atom. The zero-order valence-corrected chi connectivity index (χ0v) is 47.8. The van der Waals surface area contributed by atoms with Crippen LogP contribution in [0.5, 0.6) is 5.75 Å². The third-order valence-corrected chi connectivity index (χ3v) is 13.0. The van der Waals surface area contributed by atoms with E-state index in [4.69, 9.17) is 50.1 Å². The van der Waals surface area contributed by atoms with E-state index >= 15 is 0 Å². The molecule has 0 spiro atoms. The number of nitrogen functional groups attached to an aromatic ring is 1. The van der Waals surface area contributed by atoms with E-state index in [-0.39, 0.29) is 68.7 Å². The summed E-state index contributed by atoms with van der Waals surface area (Å²) in [5.74, 6) is 9.42. The number of nitrogens with two attached hydrogens (primary N) is 1. The number of thiol groups is 1. The maximum Gasteiger partial charge on any atom is 0.530 e. The molecule has 3 aliphatic heterocycles. The first-order valence-electron chi connectivity index (χ1n) is 22.5. The van der Waals surface area contributed by atoms with Gasteiger partial charge in [-0.1, -0.05) is 57.7 Å². The van der Waals surface area contributed by atoms with Crippen molar-refractivity contribution in [1.29, 1.82) is 0 Å². The number of aliphatic hydroxyl groups is 4. The highest BCUT2D eigenvalue weighted by atomic mass is 127. The molecule has 13 N–H and O–H groups in total. The van der Waals surface area contributed by atoms with Gasteiger partial charge in [-0.05, 0) is 67.2 Å². The fraction of sp³-hybridized carbons (Fsp3) is 0.568. The molecule has 3 aliphatic rings. The van der Waals surface area contributed by atoms with Crippen LogP contribution in [0.2, 0.25) is 0 Å². The van der Waals surface area contributed by atoms with Crippen LogP contribution in [0.1, 0.15) is 90.8 Å². The number of phosphoric acid groups is 2. The van der Waals surface area contributed by atoms with Crippen LogP contribution in [0.4, 0.5) is 11.6 Å². The summed E-state index contributed by atoms with van der Waals surface area (Å²) in [6, 6.07) is 7.31. The Bertz CT molecular complexity index is 2640. The van der Waals surface area contributed by atoms with Crippen LogP contribution in [0.25, 0.3) is 0 Å². The Labute approximate surface area is 459 Å². The van der Waals surface area contributed by atoms with Crippen molar-refractivity contribution in [3.63, 3.8) is 0 Å². The van der Waals surface area contributed by atoms with Crippen LogP contribution >= 0.6 is 51.1 Å². The second kappa shape index (κ2) is 32.8. The molecule has 26 nitrogen and oxygen atoms in total. The van der Waals surface area contributed by atoms with Crippen molar-refractivity contribution in [2.24, 2.45) is 20.6 Å². The predicted octanol–water partition coefficient (Wildman–Crippen LogP) is 3.46. The molecule has 2 fully saturated rings. The molecule has 0 aliphatic carbocycles. The summed E-state index contributed by atoms with van der Waals surface area (Å²) in [7, 11) is -8.13. The van der Waals surface area contributed by atoms with Crippen molar-refractivity contribution >= 4 is 81.5 Å². The zero-order chi connectivity index (χ0) is 54.7. The van der Waals surface area contributed by atoms with Gasteiger partial charge in [0.2, 0.25) is 0 Å². The minimum Gasteiger partial charge on any atom is -0.412 e. The van der Waals surface area contributed by atoms with Crippen molar-refractivity contribution in [3.05, 3.63) is 72.3 Å². The minimum atomic E-state index is -4.54. The van der Waals surface area contributed by atoms with Gasteiger partial charge in [-0.25, -0.2) is 23.7 Å². The highest BCUT2D eigenvalue weighted by Crippen LogP contribution is 2.60. The highest BCUT2D eigenvalue weighted by molar-refractivity contribution is 14.1. The number of benzene rings is 1. The summed E-state index contributed by atoms with van der Waals surface area (Å²) in [4.78, 5) is 55.8. The Morgan fingerprint density at radius 2 is 1.55 bits per heavy atom. The number of aliphatic imine (C=N–C) groups is 1. The van der Waals surface area contributed by atoms with E-state index in [0.29, 0.717) is 33.4 Å². The zero-order valence-electron chi connectivity index (χ0n) is 42.1. The van der Waals surface area contributed by atoms with Crippen LogP contribution in [0, 0.1) is 39.6 Å². The number of aliphatic hydroxyl groups excluding tert-OH is 4. The van der Waals surface area contributed by atoms with Gasteiger partial charge in [-0.2, -0.15) is 13.7 Å². The Kier molecular flexibility index (Phi) is 30.3. The number of anilines is 1. The molecule has 1 aromatic carbocycles. The number of rotatable bonds is 16. The molecule has 0 bridgehead atoms. The summed E-state index contributed by atoms with van der Waals surface area (Å²) in [6.45, 7) is 13.2. The lowest BCUT2D eigenvalue weighted by Gasteiger charge is -2.35. The maximum absolute atomic E-state index is 12.4. The molecule has 75 heavy (non-hydrogen) atoms. The number of hydrogen-bond donors (Lipinski definition) is 9. The van der Waals surface area contributed by atoms with Gasteiger partial charge >= 0.3 is 27.0 Å². The van der Waals surface area contributed by atoms with Crippen molar-refractivity contribution in [3.8, 4) is 29.9 Å². The first-order valence-corrected chi connectivity index (χ1v) is 27.3. The average Bonchev–Trinajstić information content (AvgIpc) is 3.87. The molecule has 420 valence electrons. The molecule has 0 saturated carbocycles. The Balaban J connectivity index is 0.000000549. The van der Waals surface area contributed by atoms with E-state index in [0.717, 1.165) is 23.2 Å². The number of nitrogens with zero attached hydrogens (tertiary/aromatic N) is 7. The maximum atomic E-state index is 12.4. The van der Waals surface area contributed by atoms with Gasteiger partial charge in [0.05, 0.1) is 54.1 Å². The smallest absolute Gasteiger partial charge is 0.412 e. The number of aromatic nitrogens is 4. The van der Waals surface area contributed by atoms with Crippen LogP contribution < -0.4 is 27.8 Å². The minimum absolute atomic E-state index is 0. The first-order chi connectivity index (χ1) is 34.3. The van der Waals surface area contributed by atoms with E-state index in [2.05, 4.69) is 121 Å². The highest BCUT2D eigenvalue weighted by Gasteiger charge is 2.44. The molecule has 3 aromatic rings. The van der Waals surface area contributed by atoms with E-state index in [9.17, 15) is 34.0 Å². The number of fused-ring (bicyclic) bond motifs is 1. The summed E-state index contributed by atoms with van der Waals surface area (Å²) in [5.41, 5.74) is 4.79. The SMILES string of the molecule is C#CCCOP1(=O)Oc2ccccc2C(C)(C)O1.CC(C)CN(C=Nc1nc(=O)n(C2CC(O)C(CO)O2)cc1I)CC(C)C.N.Nc1nc(=O)n(C2CC(O)C(CO)O2)cc1C#CCCOP(=O)(O)O.O.S=NS. The van der Waals surface area contributed by atoms with Crippen molar-refractivity contribution < 1.29 is 72.4 Å². The van der Waals surface area contributed by atoms with E-state index < -0.39 is 69.5 Å². The Morgan fingerprint density at radius 3 is 2.05 bits per heavy atom. The molecular weight excluding hydrogens is 1180 g/mol. The lowest BCUT2D eigenvalue weighted by Crippen LogP contribution is -2.30. The van der Waals surface area contributed by atoms with Gasteiger partial charge in [0.1, 0.15) is 41.8 Å². The number of terminal acetylenes is 1. The normalized spacial score (nSPS) is 22.2. The van der Waals surface area contributed by atoms with Crippen LogP contribution in [0.3, 0.4) is 0 Å². The molecule has 5 heterocycles. The molecular formula is C44H68IN9O17P2S2. The lowest BCUT2D eigenvalue weighted by atomic mass is 9.98. The molecule has 7 unspecified atom stereocenters. The first kappa shape index (κ1) is 69.2. The van der Waals surface area contributed by atoms with Crippen LogP contribution in [-0.4, -0.2) is 130 Å². The largest absolute Gasteiger partial charge is 0.530 e. The van der Waals surface area contributed by atoms with Gasteiger partial charge in [0, 0.05) is 69.2 Å². The van der Waals surface area contributed by atoms with Gasteiger partial charge in [-0.3, -0.25) is 22.7 Å². The van der Waals surface area contributed by atoms with Gasteiger partial charge in [-0.15, -0.1) is 12.3 Å². The van der Waals surface area contributed by atoms with Crippen molar-refractivity contribution in [2.75, 3.05) is 45.3 Å². The summed E-state index contributed by atoms with van der Waals surface area (Å²) in [5, 5.41) is 37.9. The standard InChI is InChI=1S/C18H29IN4O4.C13H18N3O8P.C13H15O4P.HNS2.H3N.H2O/c1-11(2)6-22(7-12(3)4)10-20-17-13(19)8-23(18(26)21-17)16-5-14(25)15(9-24)27-16;14-12-8(3-1-2-4-23-25(20,21)22)6-16(13(19)15-12)11-5-9(18)10(7-17)24-11;1-4-5-10-15-18(14)16-12-9-7-6-8-11(12)13(2,3)17-18;2-1-3;;/h8,10-12,14-16,24-25H,5-7,9H2,1-4H3;6,9-11,17-18H,2,4-5,7H2,(H2,14,15,19)(H2,20,21,22);1,6-9H,5,10H2,2-3H3;(H,2,3);1H3;1H2. The number of halogens is 1. The number of hydrogen-bond acceptors (Lipinski definition) is 21.